The second-order valence-corrected chi connectivity index (χ2v) is 14.9. The zero-order valence-electron chi connectivity index (χ0n) is 27.8. The third-order valence-electron chi connectivity index (χ3n) is 8.33. The highest BCUT2D eigenvalue weighted by Crippen LogP contribution is 2.43. The second-order valence-electron chi connectivity index (χ2n) is 12.0. The van der Waals surface area contributed by atoms with Gasteiger partial charge in [0.2, 0.25) is 6.41 Å². The van der Waals surface area contributed by atoms with Gasteiger partial charge in [-0.05, 0) is 29.5 Å². The van der Waals surface area contributed by atoms with Crippen LogP contribution in [0.25, 0.3) is 0 Å². The van der Waals surface area contributed by atoms with Gasteiger partial charge < -0.3 is 20.2 Å². The third-order valence-corrected chi connectivity index (χ3v) is 11.6. The Morgan fingerprint density at radius 2 is 1.79 bits per heavy atom. The molecule has 2 fully saturated rings. The Kier molecular flexibility index (Phi) is 10.6. The van der Waals surface area contributed by atoms with E-state index in [0.29, 0.717) is 23.1 Å². The molecule has 4 aromatic rings. The van der Waals surface area contributed by atoms with E-state index in [9.17, 15) is 28.8 Å². The van der Waals surface area contributed by atoms with Crippen molar-refractivity contribution in [2.45, 2.75) is 41.6 Å². The number of benzene rings is 2. The van der Waals surface area contributed by atoms with Crippen LogP contribution in [0.4, 0.5) is 5.13 Å². The van der Waals surface area contributed by atoms with Gasteiger partial charge in [-0.25, -0.2) is 14.9 Å². The molecule has 1 aliphatic carbocycles. The van der Waals surface area contributed by atoms with E-state index in [2.05, 4.69) is 31.0 Å². The Morgan fingerprint density at radius 3 is 2.45 bits per heavy atom. The predicted octanol–water partition coefficient (Wildman–Crippen LogP) is 2.16. The van der Waals surface area contributed by atoms with Gasteiger partial charge in [0.25, 0.3) is 11.8 Å². The van der Waals surface area contributed by atoms with Gasteiger partial charge >= 0.3 is 17.1 Å². The number of anilines is 1. The van der Waals surface area contributed by atoms with Gasteiger partial charge in [0.15, 0.2) is 22.1 Å². The normalized spacial score (nSPS) is 18.3. The highest BCUT2D eigenvalue weighted by Gasteiger charge is 2.55. The van der Waals surface area contributed by atoms with E-state index < -0.39 is 46.4 Å². The monoisotopic (exact) mass is 774 g/mol. The molecule has 3 amide bonds. The number of carbonyl (C=O) groups excluding carboxylic acids is 4. The molecule has 19 heteroatoms. The molecule has 2 aliphatic heterocycles. The van der Waals surface area contributed by atoms with Crippen molar-refractivity contribution in [2.24, 2.45) is 12.2 Å². The van der Waals surface area contributed by atoms with Gasteiger partial charge in [0.05, 0.1) is 0 Å². The minimum Gasteiger partial charge on any atom is -0.448 e. The van der Waals surface area contributed by atoms with Crippen molar-refractivity contribution < 1.29 is 28.8 Å². The molecule has 0 bridgehead atoms. The summed E-state index contributed by atoms with van der Waals surface area (Å²) in [6, 6.07) is 17.3. The molecule has 3 N–H and O–H groups in total. The zero-order valence-corrected chi connectivity index (χ0v) is 30.2. The molecule has 0 radical (unpaired) electrons. The van der Waals surface area contributed by atoms with Crippen molar-refractivity contribution in [1.82, 2.24) is 30.0 Å². The standard InChI is InChI=1S/C34H30N8O8S3/c1-41-30(47)28(45)38-39-34(41)53-15-20-14-51-31-24(37-27(44)23(40-50-21-12-13-21)22-16-52-33(36-22)35-17-43)29(46)42(31)25(20)32(48)49-26(18-8-4-2-5-9-18)19-10-6-3-7-11-19/h2-11,16-17,21,24,26,31H,12-15H2,1H3,(H,37,44)(H,38,45)(H,35,36,43)/t24-,31+/m1/s1. The number of hydrogen-bond donors (Lipinski definition) is 3. The number of thiazole rings is 1. The second kappa shape index (κ2) is 15.6. The number of thioether (sulfide) groups is 2. The van der Waals surface area contributed by atoms with Crippen LogP contribution in [0, 0.1) is 0 Å². The number of hydrogen-bond acceptors (Lipinski definition) is 14. The molecule has 2 aromatic carbocycles. The Balaban J connectivity index is 1.18. The number of esters is 1. The number of rotatable bonds is 14. The number of nitrogens with one attached hydrogen (secondary N) is 3. The summed E-state index contributed by atoms with van der Waals surface area (Å²) in [7, 11) is 1.41. The number of oxime groups is 1. The van der Waals surface area contributed by atoms with E-state index in [1.807, 2.05) is 60.7 Å². The van der Waals surface area contributed by atoms with Gasteiger partial charge in [-0.2, -0.15) is 0 Å². The number of ether oxygens (including phenoxy) is 1. The molecule has 0 unspecified atom stereocenters. The zero-order chi connectivity index (χ0) is 37.1. The summed E-state index contributed by atoms with van der Waals surface area (Å²) in [4.78, 5) is 88.0. The SMILES string of the molecule is Cn1c(SCC2=C(C(=O)OC(c3ccccc3)c3ccccc3)N3C(=O)[C@@H](NC(=O)C(=NOC4CC4)c4csc(NC=O)n4)[C@@H]3SC2)n[nH]c(=O)c1=O. The van der Waals surface area contributed by atoms with Crippen molar-refractivity contribution in [3.8, 4) is 0 Å². The molecule has 272 valence electrons. The Morgan fingerprint density at radius 1 is 1.09 bits per heavy atom. The third kappa shape index (κ3) is 7.67. The average Bonchev–Trinajstić information content (AvgIpc) is 3.90. The van der Waals surface area contributed by atoms with Crippen molar-refractivity contribution in [3.63, 3.8) is 0 Å². The van der Waals surface area contributed by atoms with Crippen LogP contribution >= 0.6 is 34.9 Å². The molecule has 0 spiro atoms. The number of H-pyrrole nitrogens is 1. The quantitative estimate of drug-likeness (QED) is 0.0321. The van der Waals surface area contributed by atoms with Crippen LogP contribution in [0.1, 0.15) is 35.8 Å². The van der Waals surface area contributed by atoms with Crippen LogP contribution in [-0.2, 0) is 35.8 Å². The smallest absolute Gasteiger partial charge is 0.356 e. The first kappa shape index (κ1) is 35.9. The first-order valence-electron chi connectivity index (χ1n) is 16.2. The maximum absolute atomic E-state index is 14.3. The number of aromatic nitrogens is 4. The van der Waals surface area contributed by atoms with Gasteiger partial charge in [0.1, 0.15) is 28.9 Å². The maximum Gasteiger partial charge on any atom is 0.356 e. The van der Waals surface area contributed by atoms with Crippen molar-refractivity contribution in [1.29, 1.82) is 0 Å². The first-order chi connectivity index (χ1) is 25.7. The molecule has 1 saturated heterocycles. The lowest BCUT2D eigenvalue weighted by molar-refractivity contribution is -0.154. The fraction of sp³-hybridized carbons (Fsp3) is 0.265. The first-order valence-corrected chi connectivity index (χ1v) is 19.1. The maximum atomic E-state index is 14.3. The summed E-state index contributed by atoms with van der Waals surface area (Å²) in [5, 5.41) is 16.7. The molecule has 4 heterocycles. The van der Waals surface area contributed by atoms with Crippen LogP contribution in [0.3, 0.4) is 0 Å². The number of β-lactam (4-membered cyclic amide) rings is 1. The lowest BCUT2D eigenvalue weighted by atomic mass is 10.0. The topological polar surface area (TPSA) is 207 Å². The summed E-state index contributed by atoms with van der Waals surface area (Å²) in [6.45, 7) is 0. The Hall–Kier alpha value is -5.53. The van der Waals surface area contributed by atoms with Crippen molar-refractivity contribution in [3.05, 3.63) is 115 Å². The summed E-state index contributed by atoms with van der Waals surface area (Å²) in [5.41, 5.74) is 0.286. The van der Waals surface area contributed by atoms with Gasteiger partial charge in [-0.15, -0.1) is 28.2 Å². The van der Waals surface area contributed by atoms with E-state index in [4.69, 9.17) is 9.57 Å². The minimum atomic E-state index is -1.04. The highest BCUT2D eigenvalue weighted by molar-refractivity contribution is 8.01. The summed E-state index contributed by atoms with van der Waals surface area (Å²) >= 11 is 3.52. The summed E-state index contributed by atoms with van der Waals surface area (Å²) in [6.07, 6.45) is 1.11. The van der Waals surface area contributed by atoms with Crippen LogP contribution in [0.15, 0.2) is 97.2 Å². The molecule has 3 aliphatic rings. The van der Waals surface area contributed by atoms with E-state index in [1.165, 1.54) is 29.1 Å². The molecule has 16 nitrogen and oxygen atoms in total. The molecule has 7 rings (SSSR count). The molecule has 2 atom stereocenters. The lowest BCUT2D eigenvalue weighted by Crippen LogP contribution is -2.71. The van der Waals surface area contributed by atoms with Crippen LogP contribution in [-0.4, -0.2) is 83.6 Å². The van der Waals surface area contributed by atoms with Crippen molar-refractivity contribution in [2.75, 3.05) is 16.8 Å². The van der Waals surface area contributed by atoms with E-state index in [-0.39, 0.29) is 45.0 Å². The molecular weight excluding hydrogens is 745 g/mol. The highest BCUT2D eigenvalue weighted by atomic mass is 32.2. The predicted molar refractivity (Wildman–Crippen MR) is 196 cm³/mol. The van der Waals surface area contributed by atoms with Gasteiger partial charge in [0, 0.05) is 23.9 Å². The van der Waals surface area contributed by atoms with E-state index in [0.717, 1.165) is 40.5 Å². The fourth-order valence-corrected chi connectivity index (χ4v) is 8.54. The molecule has 2 aromatic heterocycles. The van der Waals surface area contributed by atoms with E-state index >= 15 is 0 Å². The average molecular weight is 775 g/mol. The number of amides is 3. The number of nitrogens with zero attached hydrogens (tertiary/aromatic N) is 5. The number of carbonyl (C=O) groups is 4. The Bertz CT molecular complexity index is 2200. The lowest BCUT2D eigenvalue weighted by Gasteiger charge is -2.49. The Labute approximate surface area is 313 Å². The molecule has 53 heavy (non-hydrogen) atoms. The number of aromatic amines is 1. The van der Waals surface area contributed by atoms with Gasteiger partial charge in [-0.3, -0.25) is 33.4 Å². The van der Waals surface area contributed by atoms with Crippen LogP contribution < -0.4 is 21.8 Å². The molecule has 1 saturated carbocycles. The molecular formula is C34H30N8O8S3. The van der Waals surface area contributed by atoms with E-state index in [1.54, 1.807) is 0 Å². The minimum absolute atomic E-state index is 0.0121. The summed E-state index contributed by atoms with van der Waals surface area (Å²) in [5.74, 6) is -1.66. The van der Waals surface area contributed by atoms with Crippen molar-refractivity contribution >= 4 is 69.9 Å². The van der Waals surface area contributed by atoms with Crippen LogP contribution in [0.5, 0.6) is 0 Å². The van der Waals surface area contributed by atoms with Crippen LogP contribution in [0.2, 0.25) is 0 Å². The fourth-order valence-electron chi connectivity index (χ4n) is 5.49. The number of fused-ring (bicyclic) bond motifs is 1. The summed E-state index contributed by atoms with van der Waals surface area (Å²) < 4.78 is 7.32. The largest absolute Gasteiger partial charge is 0.448 e. The van der Waals surface area contributed by atoms with Gasteiger partial charge in [-0.1, -0.05) is 77.6 Å².